The monoisotopic (exact) mass is 451 g/mol. The molecule has 0 spiro atoms. The Kier molecular flexibility index (Phi) is 8.13. The number of nitrogens with zero attached hydrogens (tertiary/aromatic N) is 2. The summed E-state index contributed by atoms with van der Waals surface area (Å²) in [4.78, 5) is 4.49. The van der Waals surface area contributed by atoms with Gasteiger partial charge in [-0.1, -0.05) is 23.7 Å². The lowest BCUT2D eigenvalue weighted by molar-refractivity contribution is 0.174. The number of thiocarbonyl (C=S) groups is 1. The molecule has 0 radical (unpaired) electrons. The molecule has 0 aliphatic carbocycles. The maximum Gasteiger partial charge on any atom is 0.169 e. The van der Waals surface area contributed by atoms with E-state index in [1.165, 1.54) is 12.1 Å². The van der Waals surface area contributed by atoms with E-state index in [4.69, 9.17) is 33.3 Å². The number of ether oxygens (including phenoxy) is 2. The van der Waals surface area contributed by atoms with E-state index in [-0.39, 0.29) is 5.82 Å². The maximum atomic E-state index is 13.2. The van der Waals surface area contributed by atoms with Crippen LogP contribution in [0.25, 0.3) is 0 Å². The van der Waals surface area contributed by atoms with Gasteiger partial charge in [0.1, 0.15) is 5.82 Å². The molecule has 162 valence electrons. The molecule has 2 aromatic carbocycles. The fourth-order valence-electron chi connectivity index (χ4n) is 3.46. The second-order valence-electron chi connectivity index (χ2n) is 7.17. The van der Waals surface area contributed by atoms with Crippen molar-refractivity contribution in [1.82, 2.24) is 15.1 Å². The SMILES string of the molecule is COc1ccc(CCNC(=S)N2CCN(Cc3ccc(F)cc3Cl)CC2)cc1OC. The molecular weight excluding hydrogens is 425 g/mol. The first-order valence-corrected chi connectivity index (χ1v) is 10.7. The molecule has 8 heteroatoms. The second kappa shape index (κ2) is 10.8. The van der Waals surface area contributed by atoms with Gasteiger partial charge in [-0.05, 0) is 54.0 Å². The van der Waals surface area contributed by atoms with Crippen LogP contribution in [0.4, 0.5) is 4.39 Å². The molecule has 1 fully saturated rings. The van der Waals surface area contributed by atoms with Crippen molar-refractivity contribution < 1.29 is 13.9 Å². The van der Waals surface area contributed by atoms with Gasteiger partial charge in [-0.3, -0.25) is 4.90 Å². The molecule has 0 aromatic heterocycles. The Morgan fingerprint density at radius 3 is 2.47 bits per heavy atom. The molecule has 1 aliphatic rings. The lowest BCUT2D eigenvalue weighted by Crippen LogP contribution is -2.51. The molecule has 1 N–H and O–H groups in total. The number of hydrogen-bond acceptors (Lipinski definition) is 4. The van der Waals surface area contributed by atoms with E-state index in [1.54, 1.807) is 20.3 Å². The Labute approximate surface area is 187 Å². The van der Waals surface area contributed by atoms with Gasteiger partial charge in [0, 0.05) is 44.3 Å². The predicted octanol–water partition coefficient (Wildman–Crippen LogP) is 3.73. The number of benzene rings is 2. The zero-order valence-corrected chi connectivity index (χ0v) is 18.9. The van der Waals surface area contributed by atoms with Gasteiger partial charge in [0.25, 0.3) is 0 Å². The van der Waals surface area contributed by atoms with Crippen LogP contribution in [0.2, 0.25) is 5.02 Å². The van der Waals surface area contributed by atoms with E-state index in [1.807, 2.05) is 18.2 Å². The molecule has 0 unspecified atom stereocenters. The van der Waals surface area contributed by atoms with E-state index in [0.717, 1.165) is 66.9 Å². The summed E-state index contributed by atoms with van der Waals surface area (Å²) >= 11 is 11.7. The highest BCUT2D eigenvalue weighted by Gasteiger charge is 2.19. The van der Waals surface area contributed by atoms with E-state index in [9.17, 15) is 4.39 Å². The van der Waals surface area contributed by atoms with Gasteiger partial charge in [0.15, 0.2) is 16.6 Å². The van der Waals surface area contributed by atoms with Crippen LogP contribution in [0.1, 0.15) is 11.1 Å². The van der Waals surface area contributed by atoms with E-state index >= 15 is 0 Å². The van der Waals surface area contributed by atoms with Gasteiger partial charge >= 0.3 is 0 Å². The third-order valence-corrected chi connectivity index (χ3v) is 5.96. The third-order valence-electron chi connectivity index (χ3n) is 5.21. The zero-order valence-electron chi connectivity index (χ0n) is 17.3. The van der Waals surface area contributed by atoms with Gasteiger partial charge in [-0.2, -0.15) is 0 Å². The normalized spacial score (nSPS) is 14.5. The molecule has 1 saturated heterocycles. The minimum absolute atomic E-state index is 0.307. The summed E-state index contributed by atoms with van der Waals surface area (Å²) in [6, 6.07) is 10.5. The minimum atomic E-state index is -0.307. The Hall–Kier alpha value is -2.09. The number of methoxy groups -OCH3 is 2. The summed E-state index contributed by atoms with van der Waals surface area (Å²) in [6.07, 6.45) is 0.837. The van der Waals surface area contributed by atoms with Crippen molar-refractivity contribution in [1.29, 1.82) is 0 Å². The topological polar surface area (TPSA) is 37.0 Å². The lowest BCUT2D eigenvalue weighted by atomic mass is 10.1. The highest BCUT2D eigenvalue weighted by atomic mass is 35.5. The summed E-state index contributed by atoms with van der Waals surface area (Å²) < 4.78 is 23.8. The largest absolute Gasteiger partial charge is 0.493 e. The zero-order chi connectivity index (χ0) is 21.5. The quantitative estimate of drug-likeness (QED) is 0.646. The third kappa shape index (κ3) is 5.97. The highest BCUT2D eigenvalue weighted by Crippen LogP contribution is 2.27. The summed E-state index contributed by atoms with van der Waals surface area (Å²) in [5, 5.41) is 4.60. The second-order valence-corrected chi connectivity index (χ2v) is 7.96. The van der Waals surface area contributed by atoms with E-state index < -0.39 is 0 Å². The Morgan fingerprint density at radius 1 is 1.07 bits per heavy atom. The smallest absolute Gasteiger partial charge is 0.169 e. The lowest BCUT2D eigenvalue weighted by Gasteiger charge is -2.36. The average Bonchev–Trinajstić information content (AvgIpc) is 2.76. The number of hydrogen-bond donors (Lipinski definition) is 1. The van der Waals surface area contributed by atoms with Gasteiger partial charge in [-0.15, -0.1) is 0 Å². The van der Waals surface area contributed by atoms with Crippen LogP contribution in [-0.2, 0) is 13.0 Å². The van der Waals surface area contributed by atoms with Crippen LogP contribution in [0.5, 0.6) is 11.5 Å². The van der Waals surface area contributed by atoms with Crippen LogP contribution in [-0.4, -0.2) is 61.9 Å². The molecular formula is C22H27ClFN3O2S. The predicted molar refractivity (Wildman–Crippen MR) is 122 cm³/mol. The van der Waals surface area contributed by atoms with Crippen LogP contribution < -0.4 is 14.8 Å². The summed E-state index contributed by atoms with van der Waals surface area (Å²) in [5.74, 6) is 1.15. The van der Waals surface area contributed by atoms with Crippen molar-refractivity contribution in [2.75, 3.05) is 46.9 Å². The average molecular weight is 452 g/mol. The number of rotatable bonds is 7. The van der Waals surface area contributed by atoms with Gasteiger partial charge in [0.05, 0.1) is 14.2 Å². The number of piperazine rings is 1. The molecule has 0 atom stereocenters. The first-order valence-electron chi connectivity index (χ1n) is 9.90. The molecule has 3 rings (SSSR count). The van der Waals surface area contributed by atoms with Crippen molar-refractivity contribution in [2.45, 2.75) is 13.0 Å². The van der Waals surface area contributed by atoms with Crippen molar-refractivity contribution in [3.8, 4) is 11.5 Å². The van der Waals surface area contributed by atoms with Crippen LogP contribution in [0.3, 0.4) is 0 Å². The van der Waals surface area contributed by atoms with E-state index in [0.29, 0.717) is 11.6 Å². The van der Waals surface area contributed by atoms with Gasteiger partial charge in [-0.25, -0.2) is 4.39 Å². The minimum Gasteiger partial charge on any atom is -0.493 e. The van der Waals surface area contributed by atoms with E-state index in [2.05, 4.69) is 15.1 Å². The van der Waals surface area contributed by atoms with Crippen molar-refractivity contribution in [2.24, 2.45) is 0 Å². The molecule has 2 aromatic rings. The molecule has 0 bridgehead atoms. The maximum absolute atomic E-state index is 13.2. The Morgan fingerprint density at radius 2 is 1.80 bits per heavy atom. The summed E-state index contributed by atoms with van der Waals surface area (Å²) in [7, 11) is 3.27. The van der Waals surface area contributed by atoms with Gasteiger partial charge < -0.3 is 19.7 Å². The van der Waals surface area contributed by atoms with Crippen molar-refractivity contribution in [3.05, 3.63) is 58.4 Å². The fourth-order valence-corrected chi connectivity index (χ4v) is 3.97. The first kappa shape index (κ1) is 22.6. The first-order chi connectivity index (χ1) is 14.5. The molecule has 0 saturated carbocycles. The van der Waals surface area contributed by atoms with Crippen molar-refractivity contribution >= 4 is 28.9 Å². The van der Waals surface area contributed by atoms with Crippen LogP contribution >= 0.6 is 23.8 Å². The molecule has 1 heterocycles. The number of halogens is 2. The van der Waals surface area contributed by atoms with Gasteiger partial charge in [0.2, 0.25) is 0 Å². The summed E-state index contributed by atoms with van der Waals surface area (Å²) in [6.45, 7) is 4.92. The summed E-state index contributed by atoms with van der Waals surface area (Å²) in [5.41, 5.74) is 2.10. The fraction of sp³-hybridized carbons (Fsp3) is 0.409. The molecule has 5 nitrogen and oxygen atoms in total. The van der Waals surface area contributed by atoms with Crippen LogP contribution in [0.15, 0.2) is 36.4 Å². The Balaban J connectivity index is 1.42. The highest BCUT2D eigenvalue weighted by molar-refractivity contribution is 7.80. The Bertz CT molecular complexity index is 875. The van der Waals surface area contributed by atoms with Crippen molar-refractivity contribution in [3.63, 3.8) is 0 Å². The standard InChI is InChI=1S/C22H27ClFN3O2S/c1-28-20-6-3-16(13-21(20)29-2)7-8-25-22(30)27-11-9-26(10-12-27)15-17-4-5-18(24)14-19(17)23/h3-6,13-14H,7-12,15H2,1-2H3,(H,25,30). The van der Waals surface area contributed by atoms with Crippen LogP contribution in [0, 0.1) is 5.82 Å². The molecule has 1 aliphatic heterocycles. The number of nitrogens with one attached hydrogen (secondary N) is 1. The molecule has 0 amide bonds. The molecule has 30 heavy (non-hydrogen) atoms.